The van der Waals surface area contributed by atoms with Gasteiger partial charge in [-0.1, -0.05) is 6.08 Å². The van der Waals surface area contributed by atoms with Gasteiger partial charge in [0.05, 0.1) is 12.3 Å². The summed E-state index contributed by atoms with van der Waals surface area (Å²) in [6, 6.07) is 0.382. The Morgan fingerprint density at radius 1 is 1.80 bits per heavy atom. The zero-order valence-electron chi connectivity index (χ0n) is 5.38. The Bertz CT molecular complexity index is 231. The first-order valence-corrected chi connectivity index (χ1v) is 2.86. The van der Waals surface area contributed by atoms with Crippen molar-refractivity contribution in [3.8, 4) is 0 Å². The van der Waals surface area contributed by atoms with Crippen LogP contribution in [0.3, 0.4) is 0 Å². The van der Waals surface area contributed by atoms with E-state index in [0.717, 1.165) is 0 Å². The minimum absolute atomic E-state index is 0.343. The monoisotopic (exact) mass is 141 g/mol. The molecule has 0 aliphatic rings. The van der Waals surface area contributed by atoms with Crippen LogP contribution in [0.5, 0.6) is 0 Å². The van der Waals surface area contributed by atoms with Gasteiger partial charge in [-0.2, -0.15) is 4.39 Å². The van der Waals surface area contributed by atoms with E-state index in [2.05, 4.69) is 11.0 Å². The highest BCUT2D eigenvalue weighted by atomic mass is 19.1. The van der Waals surface area contributed by atoms with E-state index in [-0.39, 0.29) is 0 Å². The third-order valence-corrected chi connectivity index (χ3v) is 1.26. The summed E-state index contributed by atoms with van der Waals surface area (Å²) in [6.07, 6.45) is 2.71. The van der Waals surface area contributed by atoms with E-state index in [4.69, 9.17) is 5.73 Å². The van der Waals surface area contributed by atoms with Gasteiger partial charge in [0.25, 0.3) is 6.01 Å². The van der Waals surface area contributed by atoms with Crippen LogP contribution in [0.4, 0.5) is 4.39 Å². The molecule has 1 heterocycles. The Balaban J connectivity index is 2.92. The lowest BCUT2D eigenvalue weighted by Crippen LogP contribution is -2.06. The lowest BCUT2D eigenvalue weighted by molar-refractivity contribution is 0.351. The number of hydrogen-bond donors (Lipinski definition) is 1. The van der Waals surface area contributed by atoms with Crippen molar-refractivity contribution in [2.75, 3.05) is 0 Å². The number of hydrogen-bond acceptors (Lipinski definition) is 2. The quantitative estimate of drug-likeness (QED) is 0.635. The molecule has 0 aliphatic heterocycles. The molecule has 0 spiro atoms. The summed E-state index contributed by atoms with van der Waals surface area (Å²) in [5, 5.41) is 0. The van der Waals surface area contributed by atoms with Gasteiger partial charge >= 0.3 is 0 Å². The Hall–Kier alpha value is -1.09. The molecule has 1 unspecified atom stereocenters. The predicted octanol–water partition coefficient (Wildman–Crippen LogP) is 1.60. The van der Waals surface area contributed by atoms with E-state index < -0.39 is 12.1 Å². The molecule has 3 heteroatoms. The summed E-state index contributed by atoms with van der Waals surface area (Å²) < 4.78 is 16.9. The molecule has 2 N–H and O–H groups in total. The zero-order chi connectivity index (χ0) is 7.56. The molecule has 0 aliphatic carbocycles. The highest BCUT2D eigenvalue weighted by molar-refractivity contribution is 5.17. The molecule has 1 rings (SSSR count). The van der Waals surface area contributed by atoms with Gasteiger partial charge in [-0.15, -0.1) is 6.58 Å². The first kappa shape index (κ1) is 7.02. The summed E-state index contributed by atoms with van der Waals surface area (Å²) in [4.78, 5) is 0. The van der Waals surface area contributed by atoms with Crippen LogP contribution >= 0.6 is 0 Å². The largest absolute Gasteiger partial charge is 0.439 e. The summed E-state index contributed by atoms with van der Waals surface area (Å²) in [7, 11) is 0. The number of nitrogens with two attached hydrogens (primary N) is 1. The maximum atomic E-state index is 12.5. The molecule has 0 saturated carbocycles. The molecule has 1 aromatic rings. The first-order valence-electron chi connectivity index (χ1n) is 2.86. The molecule has 1 aromatic heterocycles. The lowest BCUT2D eigenvalue weighted by Gasteiger charge is -1.99. The average Bonchev–Trinajstić information content (AvgIpc) is 2.34. The Labute approximate surface area is 58.1 Å². The molecule has 0 amide bonds. The number of rotatable bonds is 2. The zero-order valence-corrected chi connectivity index (χ0v) is 5.38. The van der Waals surface area contributed by atoms with Crippen molar-refractivity contribution in [2.45, 2.75) is 6.04 Å². The Morgan fingerprint density at radius 2 is 2.50 bits per heavy atom. The maximum Gasteiger partial charge on any atom is 0.282 e. The van der Waals surface area contributed by atoms with Gasteiger partial charge in [-0.3, -0.25) is 0 Å². The summed E-state index contributed by atoms with van der Waals surface area (Å²) >= 11 is 0. The highest BCUT2D eigenvalue weighted by Gasteiger charge is 2.09. The Kier molecular flexibility index (Phi) is 1.87. The van der Waals surface area contributed by atoms with Crippen LogP contribution in [0, 0.1) is 6.01 Å². The predicted molar refractivity (Wildman–Crippen MR) is 35.8 cm³/mol. The van der Waals surface area contributed by atoms with Crippen LogP contribution in [0.1, 0.15) is 11.6 Å². The van der Waals surface area contributed by atoms with E-state index in [1.807, 2.05) is 0 Å². The number of halogens is 1. The number of furan rings is 1. The normalized spacial score (nSPS) is 13.0. The van der Waals surface area contributed by atoms with Crippen molar-refractivity contribution < 1.29 is 8.81 Å². The van der Waals surface area contributed by atoms with Crippen molar-refractivity contribution in [3.05, 3.63) is 36.6 Å². The smallest absolute Gasteiger partial charge is 0.282 e. The molecular formula is C7H8FNO. The van der Waals surface area contributed by atoms with E-state index in [1.54, 1.807) is 0 Å². The fourth-order valence-corrected chi connectivity index (χ4v) is 0.670. The van der Waals surface area contributed by atoms with Crippen LogP contribution in [-0.2, 0) is 0 Å². The van der Waals surface area contributed by atoms with Crippen LogP contribution in [-0.4, -0.2) is 0 Å². The Morgan fingerprint density at radius 3 is 2.90 bits per heavy atom. The molecule has 0 fully saturated rings. The molecule has 0 saturated heterocycles. The van der Waals surface area contributed by atoms with Crippen LogP contribution in [0.2, 0.25) is 0 Å². The van der Waals surface area contributed by atoms with Crippen LogP contribution in [0.25, 0.3) is 0 Å². The van der Waals surface area contributed by atoms with Gasteiger partial charge in [0, 0.05) is 5.56 Å². The van der Waals surface area contributed by atoms with E-state index in [0.29, 0.717) is 5.56 Å². The van der Waals surface area contributed by atoms with Gasteiger partial charge < -0.3 is 10.2 Å². The van der Waals surface area contributed by atoms with Gasteiger partial charge in [-0.05, 0) is 6.07 Å². The van der Waals surface area contributed by atoms with Crippen molar-refractivity contribution in [3.63, 3.8) is 0 Å². The van der Waals surface area contributed by atoms with Gasteiger partial charge in [0.2, 0.25) is 0 Å². The molecule has 54 valence electrons. The van der Waals surface area contributed by atoms with E-state index >= 15 is 0 Å². The minimum atomic E-state index is -0.632. The first-order chi connectivity index (χ1) is 4.75. The molecular weight excluding hydrogens is 133 g/mol. The third kappa shape index (κ3) is 1.09. The molecule has 0 radical (unpaired) electrons. The van der Waals surface area contributed by atoms with E-state index in [1.165, 1.54) is 18.4 Å². The second-order valence-corrected chi connectivity index (χ2v) is 1.91. The van der Waals surface area contributed by atoms with Crippen molar-refractivity contribution in [1.29, 1.82) is 0 Å². The standard InChI is InChI=1S/C7H8FNO/c1-2-6(9)5-3-4-10-7(5)8/h2-4,6H,1,9H2. The van der Waals surface area contributed by atoms with E-state index in [9.17, 15) is 4.39 Å². The molecule has 0 bridgehead atoms. The highest BCUT2D eigenvalue weighted by Crippen LogP contribution is 2.15. The third-order valence-electron chi connectivity index (χ3n) is 1.26. The van der Waals surface area contributed by atoms with Crippen molar-refractivity contribution in [2.24, 2.45) is 5.73 Å². The fourth-order valence-electron chi connectivity index (χ4n) is 0.670. The summed E-state index contributed by atoms with van der Waals surface area (Å²) in [5.74, 6) is 0. The second kappa shape index (κ2) is 2.66. The van der Waals surface area contributed by atoms with Crippen LogP contribution < -0.4 is 5.73 Å². The van der Waals surface area contributed by atoms with Gasteiger partial charge in [-0.25, -0.2) is 0 Å². The fraction of sp³-hybridized carbons (Fsp3) is 0.143. The maximum absolute atomic E-state index is 12.5. The molecule has 10 heavy (non-hydrogen) atoms. The van der Waals surface area contributed by atoms with Crippen molar-refractivity contribution in [1.82, 2.24) is 0 Å². The minimum Gasteiger partial charge on any atom is -0.439 e. The summed E-state index contributed by atoms with van der Waals surface area (Å²) in [6.45, 7) is 3.42. The SMILES string of the molecule is C=CC(N)c1ccoc1F. The average molecular weight is 141 g/mol. The van der Waals surface area contributed by atoms with Gasteiger partial charge in [0.15, 0.2) is 0 Å². The molecule has 2 nitrogen and oxygen atoms in total. The molecule has 1 atom stereocenters. The van der Waals surface area contributed by atoms with Crippen molar-refractivity contribution >= 4 is 0 Å². The van der Waals surface area contributed by atoms with Gasteiger partial charge in [0.1, 0.15) is 0 Å². The van der Waals surface area contributed by atoms with Crippen LogP contribution in [0.15, 0.2) is 29.4 Å². The lowest BCUT2D eigenvalue weighted by atomic mass is 10.2. The summed E-state index contributed by atoms with van der Waals surface area (Å²) in [5.41, 5.74) is 5.76. The second-order valence-electron chi connectivity index (χ2n) is 1.91. The topological polar surface area (TPSA) is 39.2 Å². The molecule has 0 aromatic carbocycles.